The molecule has 0 aliphatic rings. The molecule has 0 unspecified atom stereocenters. The molecule has 0 aromatic heterocycles. The molecule has 9 nitrogen and oxygen atoms in total. The second-order valence-corrected chi connectivity index (χ2v) is 12.1. The van der Waals surface area contributed by atoms with E-state index in [9.17, 15) is 28.5 Å². The van der Waals surface area contributed by atoms with Crippen molar-refractivity contribution in [2.45, 2.75) is 51.3 Å². The molecule has 1 atom stereocenters. The van der Waals surface area contributed by atoms with Crippen LogP contribution in [0.1, 0.15) is 48.6 Å². The van der Waals surface area contributed by atoms with Crippen LogP contribution < -0.4 is 15.4 Å². The number of phenols is 2. The van der Waals surface area contributed by atoms with Gasteiger partial charge in [0.25, 0.3) is 0 Å². The maximum Gasteiger partial charge on any atom is 0.229 e. The summed E-state index contributed by atoms with van der Waals surface area (Å²) in [7, 11) is -3.58. The lowest BCUT2D eigenvalue weighted by molar-refractivity contribution is -0.121. The Balaban J connectivity index is 1.52. The number of hydrogen-bond donors (Lipinski definition) is 6. The van der Waals surface area contributed by atoms with E-state index in [1.165, 1.54) is 12.1 Å². The summed E-state index contributed by atoms with van der Waals surface area (Å²) in [6, 6.07) is 19.2. The molecule has 3 rings (SSSR count). The maximum absolute atomic E-state index is 12.3. The van der Waals surface area contributed by atoms with Crippen LogP contribution in [-0.4, -0.2) is 48.0 Å². The first-order chi connectivity index (χ1) is 18.3. The van der Waals surface area contributed by atoms with Crippen LogP contribution in [0.25, 0.3) is 0 Å². The van der Waals surface area contributed by atoms with Gasteiger partial charge in [-0.3, -0.25) is 9.52 Å². The number of aliphatic hydroxyl groups excluding tert-OH is 1. The molecule has 10 heteroatoms. The standard InChI is InChI=1S/C29H37N3O6S/c1-29(2,31-19-27(35)23-11-13-26(34)24(16-23)32-39(3,37)38)17-20-7-6-8-21(15-20)18-30-28(36)14-12-22-9-4-5-10-25(22)33/h4-11,13,15-16,27,31-35H,12,14,17-19H2,1-3H3,(H,30,36)/t27-/m1/s1. The average Bonchev–Trinajstić information content (AvgIpc) is 2.86. The summed E-state index contributed by atoms with van der Waals surface area (Å²) in [5, 5.41) is 36.7. The molecule has 0 heterocycles. The van der Waals surface area contributed by atoms with Crippen molar-refractivity contribution in [2.75, 3.05) is 17.5 Å². The number of sulfonamides is 1. The molecule has 6 N–H and O–H groups in total. The molecular formula is C29H37N3O6S. The molecule has 0 radical (unpaired) electrons. The van der Waals surface area contributed by atoms with Gasteiger partial charge in [0.1, 0.15) is 11.5 Å². The third kappa shape index (κ3) is 9.90. The highest BCUT2D eigenvalue weighted by molar-refractivity contribution is 7.92. The Morgan fingerprint density at radius 3 is 2.38 bits per heavy atom. The van der Waals surface area contributed by atoms with Crippen LogP contribution in [0.4, 0.5) is 5.69 Å². The van der Waals surface area contributed by atoms with Crippen molar-refractivity contribution in [3.63, 3.8) is 0 Å². The Morgan fingerprint density at radius 2 is 1.67 bits per heavy atom. The van der Waals surface area contributed by atoms with Crippen LogP contribution in [0.3, 0.4) is 0 Å². The van der Waals surface area contributed by atoms with Gasteiger partial charge in [0, 0.05) is 25.0 Å². The molecule has 3 aromatic carbocycles. The van der Waals surface area contributed by atoms with Gasteiger partial charge in [-0.2, -0.15) is 0 Å². The van der Waals surface area contributed by atoms with E-state index < -0.39 is 16.1 Å². The number of aryl methyl sites for hydroxylation is 1. The quantitative estimate of drug-likeness (QED) is 0.177. The van der Waals surface area contributed by atoms with E-state index in [-0.39, 0.29) is 41.6 Å². The third-order valence-corrected chi connectivity index (χ3v) is 6.81. The van der Waals surface area contributed by atoms with E-state index in [2.05, 4.69) is 15.4 Å². The number of nitrogens with one attached hydrogen (secondary N) is 3. The lowest BCUT2D eigenvalue weighted by Crippen LogP contribution is -2.43. The smallest absolute Gasteiger partial charge is 0.229 e. The van der Waals surface area contributed by atoms with Gasteiger partial charge in [0.05, 0.1) is 18.0 Å². The van der Waals surface area contributed by atoms with Crippen LogP contribution in [0.5, 0.6) is 11.5 Å². The number of amides is 1. The van der Waals surface area contributed by atoms with Gasteiger partial charge in [-0.1, -0.05) is 48.5 Å². The Labute approximate surface area is 230 Å². The van der Waals surface area contributed by atoms with Gasteiger partial charge in [-0.05, 0) is 67.1 Å². The number of para-hydroxylation sites is 1. The van der Waals surface area contributed by atoms with Gasteiger partial charge in [0.2, 0.25) is 15.9 Å². The predicted molar refractivity (Wildman–Crippen MR) is 152 cm³/mol. The van der Waals surface area contributed by atoms with Crippen LogP contribution in [0.2, 0.25) is 0 Å². The van der Waals surface area contributed by atoms with Gasteiger partial charge >= 0.3 is 0 Å². The third-order valence-electron chi connectivity index (χ3n) is 6.21. The van der Waals surface area contributed by atoms with E-state index in [0.29, 0.717) is 24.9 Å². The summed E-state index contributed by atoms with van der Waals surface area (Å²) in [5.41, 5.74) is 2.86. The van der Waals surface area contributed by atoms with Crippen molar-refractivity contribution in [1.82, 2.24) is 10.6 Å². The van der Waals surface area contributed by atoms with Gasteiger partial charge in [0.15, 0.2) is 0 Å². The van der Waals surface area contributed by atoms with Crippen LogP contribution in [-0.2, 0) is 34.2 Å². The first kappa shape index (κ1) is 29.9. The van der Waals surface area contributed by atoms with Crippen LogP contribution >= 0.6 is 0 Å². The van der Waals surface area contributed by atoms with Gasteiger partial charge < -0.3 is 26.0 Å². The van der Waals surface area contributed by atoms with Crippen molar-refractivity contribution in [3.05, 3.63) is 89.0 Å². The summed E-state index contributed by atoms with van der Waals surface area (Å²) in [6.07, 6.45) is 1.46. The Kier molecular flexibility index (Phi) is 9.96. The average molecular weight is 556 g/mol. The van der Waals surface area contributed by atoms with Crippen molar-refractivity contribution in [2.24, 2.45) is 0 Å². The highest BCUT2D eigenvalue weighted by Crippen LogP contribution is 2.28. The molecule has 1 amide bonds. The van der Waals surface area contributed by atoms with Crippen molar-refractivity contribution >= 4 is 21.6 Å². The maximum atomic E-state index is 12.3. The molecule has 0 fully saturated rings. The van der Waals surface area contributed by atoms with Gasteiger partial charge in [-0.25, -0.2) is 8.42 Å². The molecule has 0 saturated carbocycles. The highest BCUT2D eigenvalue weighted by atomic mass is 32.2. The normalized spacial score (nSPS) is 12.6. The predicted octanol–water partition coefficient (Wildman–Crippen LogP) is 3.36. The number of β-amino-alcohol motifs (C(OH)–C–C–N with tert-alkyl or cyclic N) is 1. The number of aromatic hydroxyl groups is 2. The number of aliphatic hydroxyl groups is 1. The zero-order chi connectivity index (χ0) is 28.6. The van der Waals surface area contributed by atoms with E-state index in [0.717, 1.165) is 22.9 Å². The summed E-state index contributed by atoms with van der Waals surface area (Å²) in [4.78, 5) is 12.3. The zero-order valence-corrected chi connectivity index (χ0v) is 23.3. The Bertz CT molecular complexity index is 1390. The minimum absolute atomic E-state index is 0.00966. The number of rotatable bonds is 13. The first-order valence-electron chi connectivity index (χ1n) is 12.7. The number of anilines is 1. The molecule has 210 valence electrons. The minimum atomic E-state index is -3.58. The van der Waals surface area contributed by atoms with E-state index >= 15 is 0 Å². The Hall–Kier alpha value is -3.60. The molecule has 0 saturated heterocycles. The summed E-state index contributed by atoms with van der Waals surface area (Å²) >= 11 is 0. The SMILES string of the molecule is CC(C)(Cc1cccc(CNC(=O)CCc2ccccc2O)c1)NC[C@@H](O)c1ccc(O)c(NS(C)(=O)=O)c1. The number of carbonyl (C=O) groups is 1. The topological polar surface area (TPSA) is 148 Å². The second-order valence-electron chi connectivity index (χ2n) is 10.3. The summed E-state index contributed by atoms with van der Waals surface area (Å²) in [6.45, 7) is 4.63. The number of carbonyl (C=O) groups excluding carboxylic acids is 1. The molecule has 0 aliphatic heterocycles. The number of phenolic OH excluding ortho intramolecular Hbond substituents is 2. The molecule has 3 aromatic rings. The monoisotopic (exact) mass is 555 g/mol. The van der Waals surface area contributed by atoms with E-state index in [4.69, 9.17) is 0 Å². The fourth-order valence-electron chi connectivity index (χ4n) is 4.22. The van der Waals surface area contributed by atoms with Crippen LogP contribution in [0, 0.1) is 0 Å². The molecular weight excluding hydrogens is 518 g/mol. The highest BCUT2D eigenvalue weighted by Gasteiger charge is 2.21. The number of benzene rings is 3. The molecule has 0 bridgehead atoms. The molecule has 39 heavy (non-hydrogen) atoms. The fraction of sp³-hybridized carbons (Fsp3) is 0.345. The lowest BCUT2D eigenvalue weighted by Gasteiger charge is -2.28. The minimum Gasteiger partial charge on any atom is -0.508 e. The van der Waals surface area contributed by atoms with Gasteiger partial charge in [-0.15, -0.1) is 0 Å². The molecule has 0 spiro atoms. The van der Waals surface area contributed by atoms with Crippen LogP contribution in [0.15, 0.2) is 66.7 Å². The van der Waals surface area contributed by atoms with E-state index in [1.54, 1.807) is 24.3 Å². The van der Waals surface area contributed by atoms with Crippen molar-refractivity contribution in [1.29, 1.82) is 0 Å². The van der Waals surface area contributed by atoms with Crippen molar-refractivity contribution in [3.8, 4) is 11.5 Å². The summed E-state index contributed by atoms with van der Waals surface area (Å²) in [5.74, 6) is -0.126. The Morgan fingerprint density at radius 1 is 0.949 bits per heavy atom. The first-order valence-corrected chi connectivity index (χ1v) is 14.6. The molecule has 0 aliphatic carbocycles. The zero-order valence-electron chi connectivity index (χ0n) is 22.4. The number of hydrogen-bond acceptors (Lipinski definition) is 7. The van der Waals surface area contributed by atoms with E-state index in [1.807, 2.05) is 44.2 Å². The largest absolute Gasteiger partial charge is 0.508 e. The second kappa shape index (κ2) is 13.0. The van der Waals surface area contributed by atoms with Crippen molar-refractivity contribution < 1.29 is 28.5 Å². The fourth-order valence-corrected chi connectivity index (χ4v) is 4.78. The lowest BCUT2D eigenvalue weighted by atomic mass is 9.93. The summed E-state index contributed by atoms with van der Waals surface area (Å²) < 4.78 is 25.3.